The van der Waals surface area contributed by atoms with Gasteiger partial charge in [-0.3, -0.25) is 4.79 Å². The average Bonchev–Trinajstić information content (AvgIpc) is 2.82. The fraction of sp³-hybridized carbons (Fsp3) is 0. The molecule has 0 unspecified atom stereocenters. The summed E-state index contributed by atoms with van der Waals surface area (Å²) in [6.45, 7) is 0. The van der Waals surface area contributed by atoms with Crippen molar-refractivity contribution in [3.05, 3.63) is 59.4 Å². The van der Waals surface area contributed by atoms with Crippen molar-refractivity contribution in [2.75, 3.05) is 0 Å². The Bertz CT molecular complexity index is 685. The third kappa shape index (κ3) is 1.22. The molecule has 5 nitrogen and oxygen atoms in total. The first-order valence-corrected chi connectivity index (χ1v) is 4.82. The smallest absolute Gasteiger partial charge is 0.267 e. The standard InChI is InChI=1S/C11H8N4O/c16-11-6-5-9-3-1-2-4-10(9)15(11)14-8-12-7-13-14/h1-8H. The zero-order valence-electron chi connectivity index (χ0n) is 8.32. The molecule has 78 valence electrons. The number of hydrogen-bond donors (Lipinski definition) is 0. The second-order valence-electron chi connectivity index (χ2n) is 3.36. The van der Waals surface area contributed by atoms with Crippen LogP contribution < -0.4 is 5.56 Å². The Labute approximate surface area is 90.6 Å². The van der Waals surface area contributed by atoms with Gasteiger partial charge in [-0.05, 0) is 12.1 Å². The van der Waals surface area contributed by atoms with Gasteiger partial charge in [-0.25, -0.2) is 4.98 Å². The number of hydrogen-bond acceptors (Lipinski definition) is 3. The Morgan fingerprint density at radius 3 is 2.75 bits per heavy atom. The van der Waals surface area contributed by atoms with Crippen LogP contribution in [0.5, 0.6) is 0 Å². The lowest BCUT2D eigenvalue weighted by atomic mass is 10.2. The maximum atomic E-state index is 11.8. The predicted octanol–water partition coefficient (Wildman–Crippen LogP) is 0.904. The number of pyridine rings is 1. The fourth-order valence-corrected chi connectivity index (χ4v) is 1.69. The molecule has 1 aromatic carbocycles. The van der Waals surface area contributed by atoms with E-state index in [-0.39, 0.29) is 5.56 Å². The van der Waals surface area contributed by atoms with Crippen LogP contribution in [0, 0.1) is 0 Å². The van der Waals surface area contributed by atoms with Crippen molar-refractivity contribution in [2.24, 2.45) is 0 Å². The molecule has 2 heterocycles. The van der Waals surface area contributed by atoms with Gasteiger partial charge in [0.2, 0.25) is 0 Å². The van der Waals surface area contributed by atoms with E-state index in [1.165, 1.54) is 28.2 Å². The highest BCUT2D eigenvalue weighted by Gasteiger charge is 2.03. The number of nitrogens with zero attached hydrogens (tertiary/aromatic N) is 4. The Balaban J connectivity index is 2.47. The molecule has 2 aromatic heterocycles. The van der Waals surface area contributed by atoms with E-state index in [2.05, 4.69) is 10.1 Å². The van der Waals surface area contributed by atoms with E-state index in [0.717, 1.165) is 10.9 Å². The summed E-state index contributed by atoms with van der Waals surface area (Å²) < 4.78 is 1.47. The molecule has 16 heavy (non-hydrogen) atoms. The van der Waals surface area contributed by atoms with Crippen LogP contribution in [0.25, 0.3) is 10.9 Å². The number of para-hydroxylation sites is 1. The molecule has 3 aromatic rings. The van der Waals surface area contributed by atoms with Gasteiger partial charge in [-0.15, -0.1) is 5.10 Å². The summed E-state index contributed by atoms with van der Waals surface area (Å²) in [6, 6.07) is 10.9. The van der Waals surface area contributed by atoms with E-state index in [0.29, 0.717) is 0 Å². The van der Waals surface area contributed by atoms with Crippen LogP contribution in [0.1, 0.15) is 0 Å². The molecule has 5 heteroatoms. The van der Waals surface area contributed by atoms with Gasteiger partial charge in [0.05, 0.1) is 5.52 Å². The summed E-state index contributed by atoms with van der Waals surface area (Å²) in [4.78, 5) is 17.1. The van der Waals surface area contributed by atoms with Gasteiger partial charge < -0.3 is 0 Å². The van der Waals surface area contributed by atoms with Crippen molar-refractivity contribution >= 4 is 10.9 Å². The molecule has 0 atom stereocenters. The lowest BCUT2D eigenvalue weighted by molar-refractivity contribution is 0.572. The monoisotopic (exact) mass is 212 g/mol. The van der Waals surface area contributed by atoms with Gasteiger partial charge in [-0.1, -0.05) is 18.2 Å². The van der Waals surface area contributed by atoms with Crippen LogP contribution in [0.3, 0.4) is 0 Å². The number of benzene rings is 1. The van der Waals surface area contributed by atoms with Crippen molar-refractivity contribution in [1.82, 2.24) is 19.5 Å². The summed E-state index contributed by atoms with van der Waals surface area (Å²) in [6.07, 6.45) is 2.89. The van der Waals surface area contributed by atoms with Crippen molar-refractivity contribution in [2.45, 2.75) is 0 Å². The van der Waals surface area contributed by atoms with Crippen LogP contribution in [-0.2, 0) is 0 Å². The molecular formula is C11H8N4O. The van der Waals surface area contributed by atoms with Gasteiger partial charge in [0.15, 0.2) is 0 Å². The lowest BCUT2D eigenvalue weighted by Gasteiger charge is -2.07. The predicted molar refractivity (Wildman–Crippen MR) is 59.0 cm³/mol. The minimum Gasteiger partial charge on any atom is -0.267 e. The third-order valence-corrected chi connectivity index (χ3v) is 2.39. The molecule has 0 amide bonds. The second-order valence-corrected chi connectivity index (χ2v) is 3.36. The molecule has 0 fully saturated rings. The Kier molecular flexibility index (Phi) is 1.83. The molecule has 3 rings (SSSR count). The highest BCUT2D eigenvalue weighted by Crippen LogP contribution is 2.10. The van der Waals surface area contributed by atoms with Gasteiger partial charge in [-0.2, -0.15) is 9.47 Å². The van der Waals surface area contributed by atoms with Crippen molar-refractivity contribution in [3.8, 4) is 0 Å². The molecule has 0 N–H and O–H groups in total. The quantitative estimate of drug-likeness (QED) is 0.602. The molecule has 0 saturated heterocycles. The zero-order valence-corrected chi connectivity index (χ0v) is 8.32. The first-order valence-electron chi connectivity index (χ1n) is 4.82. The van der Waals surface area contributed by atoms with Crippen LogP contribution >= 0.6 is 0 Å². The Morgan fingerprint density at radius 2 is 1.94 bits per heavy atom. The van der Waals surface area contributed by atoms with Gasteiger partial charge >= 0.3 is 0 Å². The normalized spacial score (nSPS) is 10.8. The van der Waals surface area contributed by atoms with Crippen molar-refractivity contribution in [1.29, 1.82) is 0 Å². The van der Waals surface area contributed by atoms with E-state index in [1.807, 2.05) is 24.3 Å². The largest absolute Gasteiger partial charge is 0.271 e. The summed E-state index contributed by atoms with van der Waals surface area (Å²) in [5, 5.41) is 4.95. The number of aromatic nitrogens is 4. The van der Waals surface area contributed by atoms with E-state index in [9.17, 15) is 4.79 Å². The minimum absolute atomic E-state index is 0.135. The molecule has 0 bridgehead atoms. The summed E-state index contributed by atoms with van der Waals surface area (Å²) >= 11 is 0. The second kappa shape index (κ2) is 3.30. The Hall–Kier alpha value is -2.43. The van der Waals surface area contributed by atoms with Gasteiger partial charge in [0.25, 0.3) is 5.56 Å². The summed E-state index contributed by atoms with van der Waals surface area (Å²) in [7, 11) is 0. The first-order chi connectivity index (χ1) is 7.86. The average molecular weight is 212 g/mol. The molecule has 0 aliphatic heterocycles. The highest BCUT2D eigenvalue weighted by atomic mass is 16.1. The highest BCUT2D eigenvalue weighted by molar-refractivity contribution is 5.78. The first kappa shape index (κ1) is 8.84. The minimum atomic E-state index is -0.135. The SMILES string of the molecule is O=c1ccc2ccccc2n1-n1cncn1. The topological polar surface area (TPSA) is 52.7 Å². The number of rotatable bonds is 1. The lowest BCUT2D eigenvalue weighted by Crippen LogP contribution is -2.25. The third-order valence-electron chi connectivity index (χ3n) is 2.39. The molecule has 0 radical (unpaired) electrons. The van der Waals surface area contributed by atoms with E-state index in [1.54, 1.807) is 6.07 Å². The van der Waals surface area contributed by atoms with Crippen LogP contribution in [-0.4, -0.2) is 19.5 Å². The van der Waals surface area contributed by atoms with Crippen molar-refractivity contribution < 1.29 is 0 Å². The fourth-order valence-electron chi connectivity index (χ4n) is 1.69. The molecule has 0 aliphatic rings. The zero-order chi connectivity index (χ0) is 11.0. The maximum absolute atomic E-state index is 11.8. The Morgan fingerprint density at radius 1 is 1.06 bits per heavy atom. The van der Waals surface area contributed by atoms with Crippen LogP contribution in [0.4, 0.5) is 0 Å². The van der Waals surface area contributed by atoms with E-state index < -0.39 is 0 Å². The molecular weight excluding hydrogens is 204 g/mol. The van der Waals surface area contributed by atoms with Gasteiger partial charge in [0, 0.05) is 11.5 Å². The molecule has 0 saturated carbocycles. The molecule has 0 spiro atoms. The van der Waals surface area contributed by atoms with Crippen LogP contribution in [0.15, 0.2) is 53.8 Å². The summed E-state index contributed by atoms with van der Waals surface area (Å²) in [5.74, 6) is 0. The van der Waals surface area contributed by atoms with Gasteiger partial charge in [0.1, 0.15) is 12.7 Å². The molecule has 0 aliphatic carbocycles. The van der Waals surface area contributed by atoms with E-state index >= 15 is 0 Å². The van der Waals surface area contributed by atoms with E-state index in [4.69, 9.17) is 0 Å². The van der Waals surface area contributed by atoms with Crippen LogP contribution in [0.2, 0.25) is 0 Å². The van der Waals surface area contributed by atoms with Crippen molar-refractivity contribution in [3.63, 3.8) is 0 Å². The maximum Gasteiger partial charge on any atom is 0.271 e. The number of fused-ring (bicyclic) bond motifs is 1. The summed E-state index contributed by atoms with van der Waals surface area (Å²) in [5.41, 5.74) is 0.671.